The number of fused-ring (bicyclic) bond motifs is 1. The summed E-state index contributed by atoms with van der Waals surface area (Å²) in [7, 11) is 0. The average Bonchev–Trinajstić information content (AvgIpc) is 3.17. The fraction of sp³-hybridized carbons (Fsp3) is 0.310. The third kappa shape index (κ3) is 6.60. The first-order valence-electron chi connectivity index (χ1n) is 13.2. The van der Waals surface area contributed by atoms with Crippen LogP contribution in [0.1, 0.15) is 48.0 Å². The second-order valence-corrected chi connectivity index (χ2v) is 11.7. The highest BCUT2D eigenvalue weighted by molar-refractivity contribution is 7.22. The van der Waals surface area contributed by atoms with Gasteiger partial charge in [-0.2, -0.15) is 0 Å². The molecule has 11 nitrogen and oxygen atoms in total. The number of thiazole rings is 1. The highest BCUT2D eigenvalue weighted by Crippen LogP contribution is 2.26. The zero-order valence-electron chi connectivity index (χ0n) is 23.1. The number of nitrogen functional groups attached to an aromatic ring is 1. The maximum absolute atomic E-state index is 13.2. The number of anilines is 2. The van der Waals surface area contributed by atoms with Crippen LogP contribution >= 0.6 is 11.3 Å². The van der Waals surface area contributed by atoms with Crippen LogP contribution in [0.15, 0.2) is 54.7 Å². The van der Waals surface area contributed by atoms with Gasteiger partial charge in [-0.15, -0.1) is 0 Å². The fourth-order valence-corrected chi connectivity index (χ4v) is 5.24. The second kappa shape index (κ2) is 11.5. The van der Waals surface area contributed by atoms with Gasteiger partial charge in [-0.3, -0.25) is 14.9 Å². The molecule has 0 bridgehead atoms. The Balaban J connectivity index is 1.25. The highest BCUT2D eigenvalue weighted by Gasteiger charge is 2.26. The van der Waals surface area contributed by atoms with Gasteiger partial charge in [0.05, 0.1) is 22.1 Å². The number of benzene rings is 2. The maximum Gasteiger partial charge on any atom is 0.410 e. The van der Waals surface area contributed by atoms with Crippen LogP contribution in [-0.4, -0.2) is 74.4 Å². The minimum absolute atomic E-state index is 0.000693. The van der Waals surface area contributed by atoms with E-state index in [1.807, 2.05) is 45.0 Å². The lowest BCUT2D eigenvalue weighted by molar-refractivity contribution is 0.0255. The third-order valence-electron chi connectivity index (χ3n) is 6.39. The molecule has 0 aliphatic carbocycles. The van der Waals surface area contributed by atoms with Gasteiger partial charge in [-0.05, 0) is 51.5 Å². The smallest absolute Gasteiger partial charge is 0.410 e. The van der Waals surface area contributed by atoms with Crippen LogP contribution in [0.25, 0.3) is 21.5 Å². The second-order valence-electron chi connectivity index (χ2n) is 10.6. The molecule has 2 aromatic carbocycles. The molecule has 0 spiro atoms. The quantitative estimate of drug-likeness (QED) is 0.358. The van der Waals surface area contributed by atoms with E-state index in [1.54, 1.807) is 34.1 Å². The predicted molar refractivity (Wildman–Crippen MR) is 158 cm³/mol. The summed E-state index contributed by atoms with van der Waals surface area (Å²) in [6, 6.07) is 14.5. The molecular formula is C29H31N7O4S. The molecule has 3 N–H and O–H groups in total. The Morgan fingerprint density at radius 2 is 1.66 bits per heavy atom. The zero-order chi connectivity index (χ0) is 29.1. The maximum atomic E-state index is 13.2. The molecule has 1 saturated heterocycles. The first kappa shape index (κ1) is 28.0. The Kier molecular flexibility index (Phi) is 7.84. The van der Waals surface area contributed by atoms with Crippen molar-refractivity contribution < 1.29 is 19.1 Å². The summed E-state index contributed by atoms with van der Waals surface area (Å²) in [6.07, 6.45) is 1.78. The van der Waals surface area contributed by atoms with E-state index < -0.39 is 11.5 Å². The summed E-state index contributed by atoms with van der Waals surface area (Å²) in [6.45, 7) is 7.38. The first-order chi connectivity index (χ1) is 19.6. The minimum Gasteiger partial charge on any atom is -0.444 e. The molecule has 0 atom stereocenters. The molecule has 0 saturated carbocycles. The summed E-state index contributed by atoms with van der Waals surface area (Å²) < 4.78 is 6.43. The van der Waals surface area contributed by atoms with E-state index in [4.69, 9.17) is 10.5 Å². The van der Waals surface area contributed by atoms with Crippen molar-refractivity contribution in [1.29, 1.82) is 0 Å². The number of rotatable bonds is 4. The molecule has 3 heterocycles. The number of nitrogens with zero attached hydrogens (tertiary/aromatic N) is 5. The van der Waals surface area contributed by atoms with Crippen LogP contribution in [0, 0.1) is 0 Å². The van der Waals surface area contributed by atoms with Gasteiger partial charge in [-0.25, -0.2) is 19.7 Å². The number of hydrogen-bond acceptors (Lipinski definition) is 9. The van der Waals surface area contributed by atoms with Gasteiger partial charge in [0.1, 0.15) is 5.60 Å². The van der Waals surface area contributed by atoms with E-state index in [-0.39, 0.29) is 23.5 Å². The van der Waals surface area contributed by atoms with Crippen molar-refractivity contribution in [2.75, 3.05) is 37.2 Å². The molecule has 0 radical (unpaired) electrons. The first-order valence-corrected chi connectivity index (χ1v) is 14.1. The highest BCUT2D eigenvalue weighted by atomic mass is 32.1. The fourth-order valence-electron chi connectivity index (χ4n) is 4.38. The molecule has 1 aliphatic heterocycles. The van der Waals surface area contributed by atoms with Crippen molar-refractivity contribution in [2.45, 2.75) is 32.8 Å². The minimum atomic E-state index is -0.573. The van der Waals surface area contributed by atoms with Crippen molar-refractivity contribution in [2.24, 2.45) is 0 Å². The van der Waals surface area contributed by atoms with Gasteiger partial charge in [-0.1, -0.05) is 35.6 Å². The molecule has 1 aliphatic rings. The predicted octanol–water partition coefficient (Wildman–Crippen LogP) is 4.67. The van der Waals surface area contributed by atoms with E-state index in [9.17, 15) is 14.4 Å². The standard InChI is InChI=1S/C29H31N7O4S/c1-29(2,3)40-28(39)36-14-6-13-35(15-16-36)26(38)19-11-9-18(10-12-19)21-17-31-24(30)23(32-21)25(37)34-27-33-20-7-4-5-8-22(20)41-27/h4-5,7-12,17H,6,13-16H2,1-3H3,(H2,30,31)(H,33,34,37). The molecule has 3 amide bonds. The summed E-state index contributed by atoms with van der Waals surface area (Å²) >= 11 is 1.35. The van der Waals surface area contributed by atoms with Gasteiger partial charge in [0, 0.05) is 37.3 Å². The number of carbonyl (C=O) groups excluding carboxylic acids is 3. The number of carbonyl (C=O) groups is 3. The number of aromatic nitrogens is 3. The van der Waals surface area contributed by atoms with E-state index in [2.05, 4.69) is 20.3 Å². The van der Waals surface area contributed by atoms with Crippen molar-refractivity contribution >= 4 is 50.4 Å². The van der Waals surface area contributed by atoms with Gasteiger partial charge < -0.3 is 20.3 Å². The number of ether oxygens (including phenoxy) is 1. The van der Waals surface area contributed by atoms with Crippen LogP contribution in [0.3, 0.4) is 0 Å². The summed E-state index contributed by atoms with van der Waals surface area (Å²) in [5.74, 6) is -0.632. The molecule has 2 aromatic heterocycles. The molecule has 0 unspecified atom stereocenters. The van der Waals surface area contributed by atoms with Crippen molar-refractivity contribution in [3.8, 4) is 11.3 Å². The summed E-state index contributed by atoms with van der Waals surface area (Å²) in [5.41, 5.74) is 7.81. The van der Waals surface area contributed by atoms with Crippen molar-refractivity contribution in [3.63, 3.8) is 0 Å². The number of nitrogens with two attached hydrogens (primary N) is 1. The van der Waals surface area contributed by atoms with Gasteiger partial charge in [0.2, 0.25) is 0 Å². The molecule has 5 rings (SSSR count). The summed E-state index contributed by atoms with van der Waals surface area (Å²) in [4.78, 5) is 55.1. The number of amides is 3. The molecule has 41 heavy (non-hydrogen) atoms. The Bertz CT molecular complexity index is 1560. The van der Waals surface area contributed by atoms with Crippen molar-refractivity contribution in [3.05, 3.63) is 66.0 Å². The van der Waals surface area contributed by atoms with Gasteiger partial charge in [0.25, 0.3) is 11.8 Å². The molecule has 1 fully saturated rings. The number of hydrogen-bond donors (Lipinski definition) is 2. The average molecular weight is 574 g/mol. The van der Waals surface area contributed by atoms with Gasteiger partial charge in [0.15, 0.2) is 16.6 Å². The molecular weight excluding hydrogens is 542 g/mol. The van der Waals surface area contributed by atoms with Crippen LogP contribution in [-0.2, 0) is 4.74 Å². The molecule has 4 aromatic rings. The van der Waals surface area contributed by atoms with Crippen LogP contribution in [0.2, 0.25) is 0 Å². The normalized spacial score (nSPS) is 14.0. The SMILES string of the molecule is CC(C)(C)OC(=O)N1CCCN(C(=O)c2ccc(-c3cnc(N)c(C(=O)Nc4nc5ccccc5s4)n3)cc2)CC1. The lowest BCUT2D eigenvalue weighted by Crippen LogP contribution is -2.40. The Morgan fingerprint density at radius 3 is 2.39 bits per heavy atom. The van der Waals surface area contributed by atoms with Crippen LogP contribution in [0.4, 0.5) is 15.7 Å². The zero-order valence-corrected chi connectivity index (χ0v) is 23.9. The summed E-state index contributed by atoms with van der Waals surface area (Å²) in [5, 5.41) is 3.20. The van der Waals surface area contributed by atoms with Gasteiger partial charge >= 0.3 is 6.09 Å². The van der Waals surface area contributed by atoms with Crippen LogP contribution in [0.5, 0.6) is 0 Å². The topological polar surface area (TPSA) is 144 Å². The largest absolute Gasteiger partial charge is 0.444 e. The lowest BCUT2D eigenvalue weighted by Gasteiger charge is -2.26. The van der Waals surface area contributed by atoms with E-state index in [0.29, 0.717) is 54.6 Å². The van der Waals surface area contributed by atoms with E-state index in [1.165, 1.54) is 17.5 Å². The number of nitrogens with one attached hydrogen (secondary N) is 1. The van der Waals surface area contributed by atoms with E-state index >= 15 is 0 Å². The monoisotopic (exact) mass is 573 g/mol. The van der Waals surface area contributed by atoms with E-state index in [0.717, 1.165) is 10.2 Å². The Morgan fingerprint density at radius 1 is 0.951 bits per heavy atom. The lowest BCUT2D eigenvalue weighted by atomic mass is 10.1. The van der Waals surface area contributed by atoms with Crippen molar-refractivity contribution in [1.82, 2.24) is 24.8 Å². The Labute approximate surface area is 241 Å². The molecule has 12 heteroatoms. The molecule has 212 valence electrons. The number of para-hydroxylation sites is 1. The third-order valence-corrected chi connectivity index (χ3v) is 7.34. The van der Waals surface area contributed by atoms with Crippen LogP contribution < -0.4 is 11.1 Å². The Hall–Kier alpha value is -4.58.